The molecule has 2 aliphatic rings. The van der Waals surface area contributed by atoms with E-state index in [0.29, 0.717) is 0 Å². The van der Waals surface area contributed by atoms with Crippen LogP contribution >= 0.6 is 11.8 Å². The van der Waals surface area contributed by atoms with Crippen LogP contribution in [0.15, 0.2) is 58.3 Å². The fourth-order valence-corrected chi connectivity index (χ4v) is 4.81. The maximum absolute atomic E-state index is 9.10. The van der Waals surface area contributed by atoms with E-state index in [9.17, 15) is 0 Å². The van der Waals surface area contributed by atoms with Crippen molar-refractivity contribution in [3.63, 3.8) is 0 Å². The first kappa shape index (κ1) is 21.2. The SMILES string of the molecule is CN1CCCC(CC2Oc3ccccc3Sc3ccccc32)C1.O=C(O)C(=O)O. The van der Waals surface area contributed by atoms with Gasteiger partial charge in [0.2, 0.25) is 0 Å². The maximum atomic E-state index is 9.10. The zero-order chi connectivity index (χ0) is 20.8. The molecule has 7 heteroatoms. The van der Waals surface area contributed by atoms with Gasteiger partial charge >= 0.3 is 11.9 Å². The van der Waals surface area contributed by atoms with Crippen molar-refractivity contribution < 1.29 is 24.5 Å². The molecule has 0 saturated carbocycles. The molecule has 2 aromatic carbocycles. The van der Waals surface area contributed by atoms with Crippen LogP contribution < -0.4 is 4.74 Å². The summed E-state index contributed by atoms with van der Waals surface area (Å²) in [5.41, 5.74) is 1.35. The van der Waals surface area contributed by atoms with Crippen LogP contribution in [0.1, 0.15) is 30.9 Å². The number of aliphatic carboxylic acids is 2. The summed E-state index contributed by atoms with van der Waals surface area (Å²) < 4.78 is 6.48. The smallest absolute Gasteiger partial charge is 0.414 e. The summed E-state index contributed by atoms with van der Waals surface area (Å²) in [7, 11) is 2.24. The first-order chi connectivity index (χ1) is 13.9. The van der Waals surface area contributed by atoms with Gasteiger partial charge in [0, 0.05) is 17.0 Å². The molecule has 1 saturated heterocycles. The Morgan fingerprint density at radius 3 is 2.41 bits per heavy atom. The minimum atomic E-state index is -1.82. The molecular formula is C22H25NO5S. The van der Waals surface area contributed by atoms with Crippen molar-refractivity contribution in [2.45, 2.75) is 35.2 Å². The molecule has 0 spiro atoms. The highest BCUT2D eigenvalue weighted by atomic mass is 32.2. The second-order valence-electron chi connectivity index (χ2n) is 7.31. The van der Waals surface area contributed by atoms with Crippen molar-refractivity contribution in [2.24, 2.45) is 5.92 Å². The van der Waals surface area contributed by atoms with E-state index < -0.39 is 11.9 Å². The lowest BCUT2D eigenvalue weighted by atomic mass is 9.90. The molecule has 0 bridgehead atoms. The molecule has 2 aromatic rings. The predicted octanol–water partition coefficient (Wildman–Crippen LogP) is 4.16. The third-order valence-corrected chi connectivity index (χ3v) is 6.21. The summed E-state index contributed by atoms with van der Waals surface area (Å²) >= 11 is 1.83. The number of carboxylic acid groups (broad SMARTS) is 2. The second-order valence-corrected chi connectivity index (χ2v) is 8.39. The molecule has 0 aromatic heterocycles. The van der Waals surface area contributed by atoms with Crippen LogP contribution in [-0.4, -0.2) is 47.2 Å². The lowest BCUT2D eigenvalue weighted by Gasteiger charge is -2.32. The second kappa shape index (κ2) is 9.80. The molecular weight excluding hydrogens is 390 g/mol. The highest BCUT2D eigenvalue weighted by Crippen LogP contribution is 2.45. The first-order valence-electron chi connectivity index (χ1n) is 9.61. The number of rotatable bonds is 2. The summed E-state index contributed by atoms with van der Waals surface area (Å²) in [5, 5.41) is 14.8. The van der Waals surface area contributed by atoms with Crippen molar-refractivity contribution in [2.75, 3.05) is 20.1 Å². The molecule has 0 aliphatic carbocycles. The number of carbonyl (C=O) groups is 2. The van der Waals surface area contributed by atoms with Gasteiger partial charge in [0.25, 0.3) is 0 Å². The molecule has 4 rings (SSSR count). The van der Waals surface area contributed by atoms with E-state index in [0.717, 1.165) is 18.1 Å². The Hall–Kier alpha value is -2.51. The Morgan fingerprint density at radius 1 is 1.07 bits per heavy atom. The van der Waals surface area contributed by atoms with E-state index in [4.69, 9.17) is 24.5 Å². The summed E-state index contributed by atoms with van der Waals surface area (Å²) in [5.74, 6) is -1.89. The van der Waals surface area contributed by atoms with Gasteiger partial charge < -0.3 is 19.8 Å². The van der Waals surface area contributed by atoms with E-state index in [-0.39, 0.29) is 6.10 Å². The highest BCUT2D eigenvalue weighted by molar-refractivity contribution is 7.99. The van der Waals surface area contributed by atoms with Crippen LogP contribution in [0.2, 0.25) is 0 Å². The van der Waals surface area contributed by atoms with E-state index in [2.05, 4.69) is 60.5 Å². The molecule has 2 N–H and O–H groups in total. The van der Waals surface area contributed by atoms with Crippen LogP contribution in [0.3, 0.4) is 0 Å². The fraction of sp³-hybridized carbons (Fsp3) is 0.364. The Bertz CT molecular complexity index is 860. The van der Waals surface area contributed by atoms with Crippen LogP contribution in [0, 0.1) is 5.92 Å². The molecule has 6 nitrogen and oxygen atoms in total. The van der Waals surface area contributed by atoms with Gasteiger partial charge in [0.15, 0.2) is 0 Å². The molecule has 2 aliphatic heterocycles. The van der Waals surface area contributed by atoms with Gasteiger partial charge in [-0.15, -0.1) is 0 Å². The monoisotopic (exact) mass is 415 g/mol. The lowest BCUT2D eigenvalue weighted by molar-refractivity contribution is -0.159. The average molecular weight is 416 g/mol. The van der Waals surface area contributed by atoms with Crippen LogP contribution in [-0.2, 0) is 9.59 Å². The first-order valence-corrected chi connectivity index (χ1v) is 10.4. The number of hydrogen-bond donors (Lipinski definition) is 2. The van der Waals surface area contributed by atoms with E-state index in [1.54, 1.807) is 0 Å². The van der Waals surface area contributed by atoms with Gasteiger partial charge in [-0.1, -0.05) is 42.1 Å². The van der Waals surface area contributed by atoms with Crippen molar-refractivity contribution in [1.82, 2.24) is 4.90 Å². The number of nitrogens with zero attached hydrogens (tertiary/aromatic N) is 1. The summed E-state index contributed by atoms with van der Waals surface area (Å²) in [6.07, 6.45) is 3.90. The minimum Gasteiger partial charge on any atom is -0.484 e. The molecule has 0 amide bonds. The normalized spacial score (nSPS) is 20.7. The van der Waals surface area contributed by atoms with Gasteiger partial charge in [0.05, 0.1) is 4.90 Å². The van der Waals surface area contributed by atoms with Gasteiger partial charge in [-0.2, -0.15) is 0 Å². The molecule has 2 heterocycles. The number of benzene rings is 2. The Labute approximate surface area is 174 Å². The highest BCUT2D eigenvalue weighted by Gasteiger charge is 2.28. The molecule has 154 valence electrons. The van der Waals surface area contributed by atoms with E-state index in [1.807, 2.05) is 11.8 Å². The van der Waals surface area contributed by atoms with Gasteiger partial charge in [0.1, 0.15) is 11.9 Å². The maximum Gasteiger partial charge on any atom is 0.414 e. The summed E-state index contributed by atoms with van der Waals surface area (Å²) in [6, 6.07) is 17.2. The van der Waals surface area contributed by atoms with Crippen molar-refractivity contribution in [3.8, 4) is 5.75 Å². The number of ether oxygens (including phenoxy) is 1. The molecule has 2 unspecified atom stereocenters. The zero-order valence-corrected chi connectivity index (χ0v) is 17.1. The van der Waals surface area contributed by atoms with Crippen LogP contribution in [0.5, 0.6) is 5.75 Å². The van der Waals surface area contributed by atoms with Gasteiger partial charge in [-0.3, -0.25) is 0 Å². The molecule has 29 heavy (non-hydrogen) atoms. The topological polar surface area (TPSA) is 87.1 Å². The third-order valence-electron chi connectivity index (χ3n) is 5.06. The zero-order valence-electron chi connectivity index (χ0n) is 16.3. The summed E-state index contributed by atoms with van der Waals surface area (Å²) in [4.78, 5) is 23.2. The van der Waals surface area contributed by atoms with Crippen molar-refractivity contribution >= 4 is 23.7 Å². The average Bonchev–Trinajstić information content (AvgIpc) is 2.85. The van der Waals surface area contributed by atoms with E-state index in [1.165, 1.54) is 41.3 Å². The number of hydrogen-bond acceptors (Lipinski definition) is 5. The number of piperidine rings is 1. The van der Waals surface area contributed by atoms with Crippen LogP contribution in [0.4, 0.5) is 0 Å². The Balaban J connectivity index is 0.000000353. The number of fused-ring (bicyclic) bond motifs is 2. The minimum absolute atomic E-state index is 0.166. The standard InChI is InChI=1S/C20H23NOS.C2H2O4/c1-21-12-6-7-15(14-21)13-18-16-8-2-4-10-19(16)23-20-11-5-3-9-17(20)22-18;3-1(4)2(5)6/h2-5,8-11,15,18H,6-7,12-14H2,1H3;(H,3,4)(H,5,6). The number of likely N-dealkylation sites (tertiary alicyclic amines) is 1. The third kappa shape index (κ3) is 5.74. The molecule has 2 atom stereocenters. The molecule has 0 radical (unpaired) electrons. The quantitative estimate of drug-likeness (QED) is 0.712. The molecule has 1 fully saturated rings. The number of carboxylic acids is 2. The van der Waals surface area contributed by atoms with Gasteiger partial charge in [-0.25, -0.2) is 9.59 Å². The van der Waals surface area contributed by atoms with Crippen molar-refractivity contribution in [1.29, 1.82) is 0 Å². The predicted molar refractivity (Wildman–Crippen MR) is 110 cm³/mol. The lowest BCUT2D eigenvalue weighted by Crippen LogP contribution is -2.33. The Kier molecular flexibility index (Phi) is 7.17. The van der Waals surface area contributed by atoms with Gasteiger partial charge in [-0.05, 0) is 57.0 Å². The fourth-order valence-electron chi connectivity index (χ4n) is 3.75. The van der Waals surface area contributed by atoms with Crippen LogP contribution in [0.25, 0.3) is 0 Å². The Morgan fingerprint density at radius 2 is 1.72 bits per heavy atom. The summed E-state index contributed by atoms with van der Waals surface area (Å²) in [6.45, 7) is 2.42. The largest absolute Gasteiger partial charge is 0.484 e. The number of para-hydroxylation sites is 1. The van der Waals surface area contributed by atoms with E-state index >= 15 is 0 Å². The van der Waals surface area contributed by atoms with Crippen molar-refractivity contribution in [3.05, 3.63) is 54.1 Å².